The lowest BCUT2D eigenvalue weighted by atomic mass is 9.63. The molecule has 2 aliphatic rings. The summed E-state index contributed by atoms with van der Waals surface area (Å²) in [5, 5.41) is 0. The molecule has 1 fully saturated rings. The van der Waals surface area contributed by atoms with Gasteiger partial charge in [0.1, 0.15) is 0 Å². The van der Waals surface area contributed by atoms with Crippen molar-refractivity contribution in [1.82, 2.24) is 0 Å². The predicted octanol–water partition coefficient (Wildman–Crippen LogP) is 4.17. The van der Waals surface area contributed by atoms with Gasteiger partial charge in [0, 0.05) is 0 Å². The first-order valence-corrected chi connectivity index (χ1v) is 5.72. The molecule has 0 aromatic heterocycles. The lowest BCUT2D eigenvalue weighted by Crippen LogP contribution is -2.31. The van der Waals surface area contributed by atoms with Crippen LogP contribution in [0.15, 0.2) is 11.6 Å². The number of allylic oxidation sites excluding steroid dienone is 2. The molecule has 0 aromatic carbocycles. The van der Waals surface area contributed by atoms with E-state index in [1.807, 2.05) is 0 Å². The molecule has 0 N–H and O–H groups in total. The second-order valence-corrected chi connectivity index (χ2v) is 5.92. The van der Waals surface area contributed by atoms with Crippen LogP contribution in [0.1, 0.15) is 52.9 Å². The monoisotopic (exact) mass is 178 g/mol. The van der Waals surface area contributed by atoms with Crippen molar-refractivity contribution >= 4 is 0 Å². The van der Waals surface area contributed by atoms with Gasteiger partial charge in [-0.2, -0.15) is 0 Å². The topological polar surface area (TPSA) is 0 Å². The summed E-state index contributed by atoms with van der Waals surface area (Å²) in [5.74, 6) is 2.03. The summed E-state index contributed by atoms with van der Waals surface area (Å²) < 4.78 is 0. The van der Waals surface area contributed by atoms with Crippen molar-refractivity contribution in [1.29, 1.82) is 0 Å². The average Bonchev–Trinajstić information content (AvgIpc) is 2.01. The molecule has 0 bridgehead atoms. The van der Waals surface area contributed by atoms with Crippen molar-refractivity contribution in [2.24, 2.45) is 17.3 Å². The second kappa shape index (κ2) is 3.15. The van der Waals surface area contributed by atoms with E-state index in [0.717, 1.165) is 11.8 Å². The molecule has 2 aliphatic carbocycles. The third-order valence-corrected chi connectivity index (χ3v) is 4.03. The molecular weight excluding hydrogens is 156 g/mol. The van der Waals surface area contributed by atoms with Crippen molar-refractivity contribution in [3.63, 3.8) is 0 Å². The molecule has 13 heavy (non-hydrogen) atoms. The van der Waals surface area contributed by atoms with Gasteiger partial charge in [0.05, 0.1) is 0 Å². The van der Waals surface area contributed by atoms with Crippen molar-refractivity contribution in [2.75, 3.05) is 0 Å². The lowest BCUT2D eigenvalue weighted by Gasteiger charge is -2.42. The predicted molar refractivity (Wildman–Crippen MR) is 57.6 cm³/mol. The highest BCUT2D eigenvalue weighted by Gasteiger charge is 2.35. The Labute approximate surface area is 82.4 Å². The Morgan fingerprint density at radius 3 is 2.85 bits per heavy atom. The van der Waals surface area contributed by atoms with Gasteiger partial charge in [0.2, 0.25) is 0 Å². The Morgan fingerprint density at radius 2 is 2.08 bits per heavy atom. The van der Waals surface area contributed by atoms with Gasteiger partial charge in [-0.1, -0.05) is 25.5 Å². The van der Waals surface area contributed by atoms with Crippen LogP contribution >= 0.6 is 0 Å². The molecule has 0 heterocycles. The third kappa shape index (κ3) is 1.98. The fourth-order valence-electron chi connectivity index (χ4n) is 3.19. The maximum atomic E-state index is 2.47. The van der Waals surface area contributed by atoms with E-state index in [4.69, 9.17) is 0 Å². The molecule has 0 amide bonds. The maximum Gasteiger partial charge on any atom is -0.0292 e. The van der Waals surface area contributed by atoms with Gasteiger partial charge in [-0.3, -0.25) is 0 Å². The number of hydrogen-bond acceptors (Lipinski definition) is 0. The molecular formula is C13H22. The average molecular weight is 178 g/mol. The molecule has 0 heteroatoms. The summed E-state index contributed by atoms with van der Waals surface area (Å²) in [7, 11) is 0. The minimum Gasteiger partial charge on any atom is -0.0853 e. The highest BCUT2D eigenvalue weighted by Crippen LogP contribution is 2.47. The van der Waals surface area contributed by atoms with E-state index in [-0.39, 0.29) is 0 Å². The molecule has 0 saturated heterocycles. The van der Waals surface area contributed by atoms with Gasteiger partial charge in [0.15, 0.2) is 0 Å². The summed E-state index contributed by atoms with van der Waals surface area (Å²) in [6.45, 7) is 7.19. The van der Waals surface area contributed by atoms with Crippen LogP contribution in [0.25, 0.3) is 0 Å². The van der Waals surface area contributed by atoms with Crippen molar-refractivity contribution in [2.45, 2.75) is 52.9 Å². The van der Waals surface area contributed by atoms with Crippen LogP contribution in [0.5, 0.6) is 0 Å². The number of rotatable bonds is 0. The van der Waals surface area contributed by atoms with Gasteiger partial charge < -0.3 is 0 Å². The van der Waals surface area contributed by atoms with Crippen LogP contribution < -0.4 is 0 Å². The summed E-state index contributed by atoms with van der Waals surface area (Å²) in [6.07, 6.45) is 9.60. The van der Waals surface area contributed by atoms with Crippen LogP contribution in [0.3, 0.4) is 0 Å². The molecule has 0 radical (unpaired) electrons. The van der Waals surface area contributed by atoms with E-state index in [1.54, 1.807) is 5.57 Å². The van der Waals surface area contributed by atoms with Crippen LogP contribution in [0.4, 0.5) is 0 Å². The minimum absolute atomic E-state index is 0.624. The van der Waals surface area contributed by atoms with Crippen LogP contribution in [0, 0.1) is 17.3 Å². The first-order valence-electron chi connectivity index (χ1n) is 5.72. The number of fused-ring (bicyclic) bond motifs is 1. The van der Waals surface area contributed by atoms with Gasteiger partial charge >= 0.3 is 0 Å². The Kier molecular flexibility index (Phi) is 2.25. The molecule has 1 saturated carbocycles. The van der Waals surface area contributed by atoms with Crippen molar-refractivity contribution in [3.05, 3.63) is 11.6 Å². The fraction of sp³-hybridized carbons (Fsp3) is 0.846. The third-order valence-electron chi connectivity index (χ3n) is 4.03. The smallest absolute Gasteiger partial charge is 0.0292 e. The van der Waals surface area contributed by atoms with E-state index in [2.05, 4.69) is 26.8 Å². The molecule has 0 aliphatic heterocycles. The summed E-state index contributed by atoms with van der Waals surface area (Å²) >= 11 is 0. The van der Waals surface area contributed by atoms with Gasteiger partial charge in [-0.05, 0) is 56.3 Å². The molecule has 0 aromatic rings. The Morgan fingerprint density at radius 1 is 1.31 bits per heavy atom. The molecule has 0 spiro atoms. The number of hydrogen-bond donors (Lipinski definition) is 0. The van der Waals surface area contributed by atoms with Gasteiger partial charge in [0.25, 0.3) is 0 Å². The molecule has 0 nitrogen and oxygen atoms in total. The Bertz CT molecular complexity index is 222. The molecule has 2 rings (SSSR count). The highest BCUT2D eigenvalue weighted by atomic mass is 14.4. The zero-order valence-corrected chi connectivity index (χ0v) is 9.27. The largest absolute Gasteiger partial charge is 0.0853 e. The minimum atomic E-state index is 0.624. The van der Waals surface area contributed by atoms with E-state index in [1.165, 1.54) is 32.1 Å². The SMILES string of the molecule is CC1=CCC2CCC(C)(C)CC2C1. The first kappa shape index (κ1) is 9.30. The van der Waals surface area contributed by atoms with E-state index in [0.29, 0.717) is 5.41 Å². The molecule has 74 valence electrons. The highest BCUT2D eigenvalue weighted by molar-refractivity contribution is 5.07. The normalized spacial score (nSPS) is 37.9. The first-order chi connectivity index (χ1) is 6.07. The van der Waals surface area contributed by atoms with E-state index < -0.39 is 0 Å². The van der Waals surface area contributed by atoms with Crippen LogP contribution in [-0.4, -0.2) is 0 Å². The van der Waals surface area contributed by atoms with Gasteiger partial charge in [-0.15, -0.1) is 0 Å². The summed E-state index contributed by atoms with van der Waals surface area (Å²) in [4.78, 5) is 0. The van der Waals surface area contributed by atoms with Crippen LogP contribution in [-0.2, 0) is 0 Å². The van der Waals surface area contributed by atoms with E-state index >= 15 is 0 Å². The van der Waals surface area contributed by atoms with Gasteiger partial charge in [-0.25, -0.2) is 0 Å². The van der Waals surface area contributed by atoms with Crippen LogP contribution in [0.2, 0.25) is 0 Å². The zero-order valence-electron chi connectivity index (χ0n) is 9.27. The van der Waals surface area contributed by atoms with Crippen molar-refractivity contribution in [3.8, 4) is 0 Å². The fourth-order valence-corrected chi connectivity index (χ4v) is 3.19. The zero-order chi connectivity index (χ0) is 9.47. The molecule has 2 atom stereocenters. The summed E-state index contributed by atoms with van der Waals surface area (Å²) in [6, 6.07) is 0. The maximum absolute atomic E-state index is 2.47. The quantitative estimate of drug-likeness (QED) is 0.488. The lowest BCUT2D eigenvalue weighted by molar-refractivity contribution is 0.113. The Balaban J connectivity index is 2.07. The Hall–Kier alpha value is -0.260. The summed E-state index contributed by atoms with van der Waals surface area (Å²) in [5.41, 5.74) is 2.26. The molecule has 2 unspecified atom stereocenters. The van der Waals surface area contributed by atoms with Crippen molar-refractivity contribution < 1.29 is 0 Å². The second-order valence-electron chi connectivity index (χ2n) is 5.92. The standard InChI is InChI=1S/C13H22/c1-10-4-5-11-6-7-13(2,3)9-12(11)8-10/h4,11-12H,5-9H2,1-3H3. The van der Waals surface area contributed by atoms with E-state index in [9.17, 15) is 0 Å².